The summed E-state index contributed by atoms with van der Waals surface area (Å²) in [7, 11) is 0. The van der Waals surface area contributed by atoms with Gasteiger partial charge in [0.05, 0.1) is 0 Å². The fraction of sp³-hybridized carbons (Fsp3) is 0.435. The summed E-state index contributed by atoms with van der Waals surface area (Å²) < 4.78 is 0. The predicted octanol–water partition coefficient (Wildman–Crippen LogP) is 6.85. The summed E-state index contributed by atoms with van der Waals surface area (Å²) in [5.74, 6) is 0.117. The molecule has 128 valence electrons. The molecule has 1 nitrogen and oxygen atoms in total. The van der Waals surface area contributed by atoms with Gasteiger partial charge in [0.15, 0.2) is 5.78 Å². The first kappa shape index (κ1) is 18.4. The quantitative estimate of drug-likeness (QED) is 0.345. The summed E-state index contributed by atoms with van der Waals surface area (Å²) >= 11 is 0. The average molecular weight is 322 g/mol. The summed E-state index contributed by atoms with van der Waals surface area (Å²) in [6.45, 7) is 3.87. The molecule has 0 radical (unpaired) electrons. The van der Waals surface area contributed by atoms with E-state index in [2.05, 4.69) is 31.2 Å². The van der Waals surface area contributed by atoms with Crippen LogP contribution in [0.25, 0.3) is 11.1 Å². The standard InChI is InChI=1S/C23H30O/c1-3-4-5-6-7-8-9-10-20-11-13-22(14-12-20)23-17-15-21(16-18-23)19(2)24/h11-18H,3-10H2,1-2H3. The minimum atomic E-state index is 0.117. The molecule has 0 saturated heterocycles. The van der Waals surface area contributed by atoms with Gasteiger partial charge in [0.2, 0.25) is 0 Å². The Kier molecular flexibility index (Phi) is 7.74. The normalized spacial score (nSPS) is 10.8. The molecule has 0 atom stereocenters. The number of hydrogen-bond donors (Lipinski definition) is 0. The third-order valence-corrected chi connectivity index (χ3v) is 4.65. The molecule has 0 aliphatic carbocycles. The Morgan fingerprint density at radius 2 is 1.21 bits per heavy atom. The van der Waals surface area contributed by atoms with Crippen molar-refractivity contribution >= 4 is 5.78 Å². The van der Waals surface area contributed by atoms with Gasteiger partial charge in [-0.15, -0.1) is 0 Å². The smallest absolute Gasteiger partial charge is 0.159 e. The molecule has 0 aromatic heterocycles. The van der Waals surface area contributed by atoms with E-state index >= 15 is 0 Å². The Bertz CT molecular complexity index is 607. The average Bonchev–Trinajstić information content (AvgIpc) is 2.61. The number of hydrogen-bond acceptors (Lipinski definition) is 1. The van der Waals surface area contributed by atoms with Crippen LogP contribution in [0.3, 0.4) is 0 Å². The van der Waals surface area contributed by atoms with Gasteiger partial charge in [-0.1, -0.05) is 94.0 Å². The molecule has 0 aliphatic heterocycles. The maximum atomic E-state index is 11.3. The molecule has 0 spiro atoms. The third-order valence-electron chi connectivity index (χ3n) is 4.65. The Balaban J connectivity index is 1.79. The highest BCUT2D eigenvalue weighted by atomic mass is 16.1. The number of unbranched alkanes of at least 4 members (excludes halogenated alkanes) is 6. The van der Waals surface area contributed by atoms with E-state index in [1.807, 2.05) is 24.3 Å². The molecule has 2 rings (SSSR count). The first-order chi connectivity index (χ1) is 11.7. The van der Waals surface area contributed by atoms with E-state index in [-0.39, 0.29) is 5.78 Å². The Labute approximate surface area is 147 Å². The van der Waals surface area contributed by atoms with Gasteiger partial charge in [0.25, 0.3) is 0 Å². The molecule has 0 saturated carbocycles. The first-order valence-electron chi connectivity index (χ1n) is 9.41. The fourth-order valence-electron chi connectivity index (χ4n) is 3.05. The van der Waals surface area contributed by atoms with Crippen molar-refractivity contribution in [2.75, 3.05) is 0 Å². The molecule has 0 heterocycles. The van der Waals surface area contributed by atoms with Crippen LogP contribution in [0.15, 0.2) is 48.5 Å². The van der Waals surface area contributed by atoms with Crippen LogP contribution in [0.2, 0.25) is 0 Å². The summed E-state index contributed by atoms with van der Waals surface area (Å²) in [4.78, 5) is 11.3. The Morgan fingerprint density at radius 1 is 0.708 bits per heavy atom. The number of ketones is 1. The SMILES string of the molecule is CCCCCCCCCc1ccc(-c2ccc(C(C)=O)cc2)cc1. The van der Waals surface area contributed by atoms with Crippen LogP contribution in [-0.4, -0.2) is 5.78 Å². The van der Waals surface area contributed by atoms with Crippen molar-refractivity contribution in [2.45, 2.75) is 65.2 Å². The minimum absolute atomic E-state index is 0.117. The van der Waals surface area contributed by atoms with Gasteiger partial charge < -0.3 is 0 Å². The molecular weight excluding hydrogens is 292 g/mol. The van der Waals surface area contributed by atoms with Gasteiger partial charge in [-0.3, -0.25) is 4.79 Å². The number of aryl methyl sites for hydroxylation is 1. The zero-order chi connectivity index (χ0) is 17.2. The second-order valence-corrected chi connectivity index (χ2v) is 6.70. The number of carbonyl (C=O) groups is 1. The predicted molar refractivity (Wildman–Crippen MR) is 104 cm³/mol. The van der Waals surface area contributed by atoms with Crippen LogP contribution in [0, 0.1) is 0 Å². The van der Waals surface area contributed by atoms with Crippen LogP contribution >= 0.6 is 0 Å². The van der Waals surface area contributed by atoms with Crippen molar-refractivity contribution < 1.29 is 4.79 Å². The van der Waals surface area contributed by atoms with E-state index in [1.165, 1.54) is 68.1 Å². The van der Waals surface area contributed by atoms with Crippen molar-refractivity contribution in [2.24, 2.45) is 0 Å². The number of benzene rings is 2. The first-order valence-corrected chi connectivity index (χ1v) is 9.41. The molecule has 1 heteroatoms. The highest BCUT2D eigenvalue weighted by Crippen LogP contribution is 2.21. The van der Waals surface area contributed by atoms with Crippen molar-refractivity contribution in [3.8, 4) is 11.1 Å². The minimum Gasteiger partial charge on any atom is -0.295 e. The maximum Gasteiger partial charge on any atom is 0.159 e. The van der Waals surface area contributed by atoms with Crippen LogP contribution in [0.1, 0.15) is 74.7 Å². The molecule has 0 unspecified atom stereocenters. The van der Waals surface area contributed by atoms with Gasteiger partial charge in [0.1, 0.15) is 0 Å². The summed E-state index contributed by atoms with van der Waals surface area (Å²) in [6, 6.07) is 16.7. The molecule has 0 fully saturated rings. The largest absolute Gasteiger partial charge is 0.295 e. The number of carbonyl (C=O) groups excluding carboxylic acids is 1. The van der Waals surface area contributed by atoms with E-state index in [4.69, 9.17) is 0 Å². The van der Waals surface area contributed by atoms with Gasteiger partial charge in [-0.2, -0.15) is 0 Å². The zero-order valence-electron chi connectivity index (χ0n) is 15.2. The monoisotopic (exact) mass is 322 g/mol. The second-order valence-electron chi connectivity index (χ2n) is 6.70. The Morgan fingerprint density at radius 3 is 1.75 bits per heavy atom. The van der Waals surface area contributed by atoms with Crippen molar-refractivity contribution in [3.63, 3.8) is 0 Å². The van der Waals surface area contributed by atoms with Crippen LogP contribution in [0.4, 0.5) is 0 Å². The highest BCUT2D eigenvalue weighted by molar-refractivity contribution is 5.94. The lowest BCUT2D eigenvalue weighted by atomic mass is 9.99. The van der Waals surface area contributed by atoms with E-state index in [9.17, 15) is 4.79 Å². The zero-order valence-corrected chi connectivity index (χ0v) is 15.2. The third kappa shape index (κ3) is 5.96. The van der Waals surface area contributed by atoms with Crippen molar-refractivity contribution in [1.29, 1.82) is 0 Å². The lowest BCUT2D eigenvalue weighted by Crippen LogP contribution is -1.91. The molecule has 0 amide bonds. The van der Waals surface area contributed by atoms with Crippen molar-refractivity contribution in [3.05, 3.63) is 59.7 Å². The lowest BCUT2D eigenvalue weighted by Gasteiger charge is -2.06. The highest BCUT2D eigenvalue weighted by Gasteiger charge is 2.02. The molecule has 24 heavy (non-hydrogen) atoms. The fourth-order valence-corrected chi connectivity index (χ4v) is 3.05. The second kappa shape index (κ2) is 10.1. The summed E-state index contributed by atoms with van der Waals surface area (Å²) in [5.41, 5.74) is 4.58. The van der Waals surface area contributed by atoms with E-state index in [0.717, 1.165) is 5.56 Å². The summed E-state index contributed by atoms with van der Waals surface area (Å²) in [5, 5.41) is 0. The van der Waals surface area contributed by atoms with Gasteiger partial charge >= 0.3 is 0 Å². The number of rotatable bonds is 10. The lowest BCUT2D eigenvalue weighted by molar-refractivity contribution is 0.101. The molecule has 2 aromatic rings. The van der Waals surface area contributed by atoms with E-state index in [1.54, 1.807) is 6.92 Å². The maximum absolute atomic E-state index is 11.3. The van der Waals surface area contributed by atoms with Gasteiger partial charge in [-0.25, -0.2) is 0 Å². The van der Waals surface area contributed by atoms with Crippen LogP contribution in [0.5, 0.6) is 0 Å². The van der Waals surface area contributed by atoms with Gasteiger partial charge in [-0.05, 0) is 36.5 Å². The van der Waals surface area contributed by atoms with Crippen molar-refractivity contribution in [1.82, 2.24) is 0 Å². The van der Waals surface area contributed by atoms with Crippen LogP contribution in [-0.2, 0) is 6.42 Å². The topological polar surface area (TPSA) is 17.1 Å². The van der Waals surface area contributed by atoms with Gasteiger partial charge in [0, 0.05) is 5.56 Å². The molecule has 2 aromatic carbocycles. The Hall–Kier alpha value is -1.89. The molecule has 0 N–H and O–H groups in total. The molecule has 0 bridgehead atoms. The van der Waals surface area contributed by atoms with Crippen LogP contribution < -0.4 is 0 Å². The van der Waals surface area contributed by atoms with E-state index in [0.29, 0.717) is 0 Å². The number of Topliss-reactive ketones (excluding diaryl/α,β-unsaturated/α-hetero) is 1. The van der Waals surface area contributed by atoms with E-state index < -0.39 is 0 Å². The molecule has 0 aliphatic rings. The molecular formula is C23H30O. The summed E-state index contributed by atoms with van der Waals surface area (Å²) in [6.07, 6.45) is 10.7.